The quantitative estimate of drug-likeness (QED) is 0.828. The van der Waals surface area contributed by atoms with E-state index in [0.29, 0.717) is 24.5 Å². The van der Waals surface area contributed by atoms with E-state index in [1.807, 2.05) is 24.3 Å². The minimum Gasteiger partial charge on any atom is -0.493 e. The van der Waals surface area contributed by atoms with Crippen molar-refractivity contribution in [2.45, 2.75) is 18.4 Å². The first-order chi connectivity index (χ1) is 9.34. The maximum atomic E-state index is 12.5. The van der Waals surface area contributed by atoms with Crippen molar-refractivity contribution in [3.63, 3.8) is 0 Å². The number of carbonyl (C=O) groups excluding carboxylic acids is 1. The van der Waals surface area contributed by atoms with Crippen LogP contribution in [0, 0.1) is 11.8 Å². The van der Waals surface area contributed by atoms with Gasteiger partial charge >= 0.3 is 0 Å². The van der Waals surface area contributed by atoms with Crippen LogP contribution in [-0.4, -0.2) is 31.6 Å². The highest BCUT2D eigenvalue weighted by molar-refractivity contribution is 5.85. The number of nitrogens with one attached hydrogen (secondary N) is 2. The molecule has 100 valence electrons. The molecule has 2 heterocycles. The first-order valence-electron chi connectivity index (χ1n) is 7.07. The topological polar surface area (TPSA) is 50.4 Å². The van der Waals surface area contributed by atoms with Crippen molar-refractivity contribution in [2.24, 2.45) is 11.8 Å². The lowest BCUT2D eigenvalue weighted by Gasteiger charge is -2.25. The standard InChI is InChI=1S/C15H18N2O2/c18-15(17-14-11-7-16-8-12(11)14)10-5-6-19-13-4-2-1-3-9(10)13/h1-4,10-12,14,16H,5-8H2,(H,17,18). The number of carbonyl (C=O) groups is 1. The number of amides is 1. The summed E-state index contributed by atoms with van der Waals surface area (Å²) < 4.78 is 5.61. The second-order valence-corrected chi connectivity index (χ2v) is 5.75. The molecule has 19 heavy (non-hydrogen) atoms. The summed E-state index contributed by atoms with van der Waals surface area (Å²) in [6, 6.07) is 8.29. The van der Waals surface area contributed by atoms with Crippen molar-refractivity contribution in [1.82, 2.24) is 10.6 Å². The zero-order valence-corrected chi connectivity index (χ0v) is 10.8. The smallest absolute Gasteiger partial charge is 0.228 e. The van der Waals surface area contributed by atoms with E-state index in [1.165, 1.54) is 0 Å². The van der Waals surface area contributed by atoms with Crippen LogP contribution in [0.15, 0.2) is 24.3 Å². The Balaban J connectivity index is 1.49. The second-order valence-electron chi connectivity index (χ2n) is 5.75. The Kier molecular flexibility index (Phi) is 2.52. The van der Waals surface area contributed by atoms with Gasteiger partial charge in [0.15, 0.2) is 0 Å². The average Bonchev–Trinajstić information content (AvgIpc) is 2.88. The lowest BCUT2D eigenvalue weighted by molar-refractivity contribution is -0.123. The van der Waals surface area contributed by atoms with Gasteiger partial charge in [-0.3, -0.25) is 4.79 Å². The van der Waals surface area contributed by atoms with Crippen molar-refractivity contribution < 1.29 is 9.53 Å². The normalized spacial score (nSPS) is 34.9. The number of ether oxygens (including phenoxy) is 1. The van der Waals surface area contributed by atoms with Crippen LogP contribution in [0.3, 0.4) is 0 Å². The molecule has 3 atom stereocenters. The van der Waals surface area contributed by atoms with Crippen LogP contribution in [0.1, 0.15) is 17.9 Å². The third-order valence-corrected chi connectivity index (χ3v) is 4.68. The summed E-state index contributed by atoms with van der Waals surface area (Å²) in [5.41, 5.74) is 1.04. The zero-order chi connectivity index (χ0) is 12.8. The molecule has 1 aromatic carbocycles. The van der Waals surface area contributed by atoms with Gasteiger partial charge in [-0.1, -0.05) is 18.2 Å². The zero-order valence-electron chi connectivity index (χ0n) is 10.8. The second kappa shape index (κ2) is 4.23. The average molecular weight is 258 g/mol. The largest absolute Gasteiger partial charge is 0.493 e. The number of hydrogen-bond acceptors (Lipinski definition) is 3. The van der Waals surface area contributed by atoms with Gasteiger partial charge in [-0.15, -0.1) is 0 Å². The van der Waals surface area contributed by atoms with E-state index in [-0.39, 0.29) is 11.8 Å². The molecular formula is C15H18N2O2. The fraction of sp³-hybridized carbons (Fsp3) is 0.533. The predicted molar refractivity (Wildman–Crippen MR) is 71.1 cm³/mol. The fourth-order valence-electron chi connectivity index (χ4n) is 3.51. The molecule has 4 nitrogen and oxygen atoms in total. The maximum absolute atomic E-state index is 12.5. The molecule has 3 aliphatic rings. The molecule has 0 spiro atoms. The summed E-state index contributed by atoms with van der Waals surface area (Å²) in [6.45, 7) is 2.74. The number of benzene rings is 1. The molecule has 1 amide bonds. The van der Waals surface area contributed by atoms with E-state index >= 15 is 0 Å². The lowest BCUT2D eigenvalue weighted by atomic mass is 9.92. The number of hydrogen-bond donors (Lipinski definition) is 2. The highest BCUT2D eigenvalue weighted by Gasteiger charge is 2.54. The summed E-state index contributed by atoms with van der Waals surface area (Å²) in [4.78, 5) is 12.5. The Morgan fingerprint density at radius 3 is 2.89 bits per heavy atom. The monoisotopic (exact) mass is 258 g/mol. The maximum Gasteiger partial charge on any atom is 0.228 e. The van der Waals surface area contributed by atoms with Gasteiger partial charge in [0.1, 0.15) is 5.75 Å². The van der Waals surface area contributed by atoms with Crippen molar-refractivity contribution in [2.75, 3.05) is 19.7 Å². The Hall–Kier alpha value is -1.55. The highest BCUT2D eigenvalue weighted by Crippen LogP contribution is 2.42. The van der Waals surface area contributed by atoms with Crippen LogP contribution in [0.25, 0.3) is 0 Å². The van der Waals surface area contributed by atoms with Gasteiger partial charge in [0.05, 0.1) is 12.5 Å². The van der Waals surface area contributed by atoms with Gasteiger partial charge in [-0.25, -0.2) is 0 Å². The van der Waals surface area contributed by atoms with Gasteiger partial charge in [-0.05, 0) is 24.3 Å². The Morgan fingerprint density at radius 2 is 2.05 bits per heavy atom. The molecule has 2 N–H and O–H groups in total. The summed E-state index contributed by atoms with van der Waals surface area (Å²) in [5.74, 6) is 2.33. The number of fused-ring (bicyclic) bond motifs is 2. The molecule has 2 aliphatic heterocycles. The molecule has 3 unspecified atom stereocenters. The Bertz CT molecular complexity index is 507. The lowest BCUT2D eigenvalue weighted by Crippen LogP contribution is -2.37. The predicted octanol–water partition coefficient (Wildman–Crippen LogP) is 0.887. The van der Waals surface area contributed by atoms with Gasteiger partial charge in [-0.2, -0.15) is 0 Å². The Morgan fingerprint density at radius 1 is 1.26 bits per heavy atom. The Labute approximate surface area is 112 Å². The summed E-state index contributed by atoms with van der Waals surface area (Å²) in [6.07, 6.45) is 0.781. The molecule has 0 aromatic heterocycles. The van der Waals surface area contributed by atoms with Gasteiger partial charge in [0.25, 0.3) is 0 Å². The molecule has 0 radical (unpaired) electrons. The van der Waals surface area contributed by atoms with Crippen molar-refractivity contribution >= 4 is 5.91 Å². The van der Waals surface area contributed by atoms with Gasteiger partial charge in [0.2, 0.25) is 5.91 Å². The van der Waals surface area contributed by atoms with Crippen LogP contribution in [-0.2, 0) is 4.79 Å². The molecule has 1 aliphatic carbocycles. The third kappa shape index (κ3) is 1.82. The molecule has 4 rings (SSSR count). The highest BCUT2D eigenvalue weighted by atomic mass is 16.5. The SMILES string of the molecule is O=C(NC1C2CNCC21)C1CCOc2ccccc21. The van der Waals surface area contributed by atoms with E-state index in [0.717, 1.165) is 30.8 Å². The number of rotatable bonds is 2. The van der Waals surface area contributed by atoms with E-state index in [2.05, 4.69) is 10.6 Å². The van der Waals surface area contributed by atoms with Crippen LogP contribution >= 0.6 is 0 Å². The third-order valence-electron chi connectivity index (χ3n) is 4.68. The first kappa shape index (κ1) is 11.3. The van der Waals surface area contributed by atoms with Crippen LogP contribution < -0.4 is 15.4 Å². The summed E-state index contributed by atoms with van der Waals surface area (Å²) in [7, 11) is 0. The van der Waals surface area contributed by atoms with Crippen molar-refractivity contribution in [1.29, 1.82) is 0 Å². The minimum absolute atomic E-state index is 0.0424. The van der Waals surface area contributed by atoms with E-state index in [1.54, 1.807) is 0 Å². The molecule has 1 aromatic rings. The van der Waals surface area contributed by atoms with Crippen LogP contribution in [0.2, 0.25) is 0 Å². The number of para-hydroxylation sites is 1. The molecule has 0 bridgehead atoms. The van der Waals surface area contributed by atoms with E-state index in [9.17, 15) is 4.79 Å². The molecule has 1 saturated heterocycles. The van der Waals surface area contributed by atoms with E-state index in [4.69, 9.17) is 4.74 Å². The molecule has 1 saturated carbocycles. The summed E-state index contributed by atoms with van der Waals surface area (Å²) in [5, 5.41) is 6.58. The van der Waals surface area contributed by atoms with E-state index < -0.39 is 0 Å². The van der Waals surface area contributed by atoms with Crippen LogP contribution in [0.5, 0.6) is 5.75 Å². The van der Waals surface area contributed by atoms with Gasteiger partial charge in [0, 0.05) is 24.7 Å². The first-order valence-corrected chi connectivity index (χ1v) is 7.07. The van der Waals surface area contributed by atoms with Crippen molar-refractivity contribution in [3.05, 3.63) is 29.8 Å². The molecule has 4 heteroatoms. The minimum atomic E-state index is -0.0424. The molecular weight excluding hydrogens is 240 g/mol. The van der Waals surface area contributed by atoms with Crippen molar-refractivity contribution in [3.8, 4) is 5.75 Å². The summed E-state index contributed by atoms with van der Waals surface area (Å²) >= 11 is 0. The van der Waals surface area contributed by atoms with Gasteiger partial charge < -0.3 is 15.4 Å². The molecule has 2 fully saturated rings. The number of piperidine rings is 1. The fourth-order valence-corrected chi connectivity index (χ4v) is 3.51. The van der Waals surface area contributed by atoms with Crippen LogP contribution in [0.4, 0.5) is 0 Å².